The van der Waals surface area contributed by atoms with Gasteiger partial charge in [-0.3, -0.25) is 0 Å². The van der Waals surface area contributed by atoms with Crippen LogP contribution in [-0.4, -0.2) is 48.9 Å². The van der Waals surface area contributed by atoms with Crippen molar-refractivity contribution in [1.29, 1.82) is 0 Å². The number of rotatable bonds is 4. The predicted octanol–water partition coefficient (Wildman–Crippen LogP) is -0.994. The number of urea groups is 1. The number of hydrogen-bond acceptors (Lipinski definition) is 3. The van der Waals surface area contributed by atoms with Gasteiger partial charge in [-0.25, -0.2) is 4.79 Å². The smallest absolute Gasteiger partial charge is 0.314 e. The molecule has 0 aliphatic carbocycles. The number of likely N-dealkylation sites (tertiary alicyclic amines) is 1. The number of amides is 2. The lowest BCUT2D eigenvalue weighted by atomic mass is 10.0. The highest BCUT2D eigenvalue weighted by Crippen LogP contribution is 2.14. The van der Waals surface area contributed by atoms with Crippen molar-refractivity contribution >= 4 is 6.03 Å². The summed E-state index contributed by atoms with van der Waals surface area (Å²) in [5, 5.41) is 8.40. The maximum absolute atomic E-state index is 10.5. The van der Waals surface area contributed by atoms with Gasteiger partial charge in [-0.1, -0.05) is 0 Å². The van der Waals surface area contributed by atoms with Crippen molar-refractivity contribution in [2.75, 3.05) is 32.9 Å². The fourth-order valence-electron chi connectivity index (χ4n) is 1.17. The van der Waals surface area contributed by atoms with Crippen LogP contribution in [-0.2, 0) is 4.74 Å². The first-order valence-corrected chi connectivity index (χ1v) is 3.97. The third kappa shape index (κ3) is 2.35. The van der Waals surface area contributed by atoms with Gasteiger partial charge >= 0.3 is 6.03 Å². The number of aliphatic hydroxyl groups excluding tert-OH is 1. The Labute approximate surface area is 71.1 Å². The Morgan fingerprint density at radius 3 is 2.83 bits per heavy atom. The van der Waals surface area contributed by atoms with E-state index in [-0.39, 0.29) is 12.6 Å². The van der Waals surface area contributed by atoms with Crippen molar-refractivity contribution in [3.8, 4) is 0 Å². The molecule has 70 valence electrons. The summed E-state index contributed by atoms with van der Waals surface area (Å²) in [5.41, 5.74) is 5.02. The number of nitrogens with zero attached hydrogens (tertiary/aromatic N) is 1. The molecule has 1 rings (SSSR count). The van der Waals surface area contributed by atoms with Crippen LogP contribution in [0.3, 0.4) is 0 Å². The summed E-state index contributed by atoms with van der Waals surface area (Å²) in [5.74, 6) is 0.393. The molecule has 0 aromatic rings. The second-order valence-electron chi connectivity index (χ2n) is 2.91. The highest BCUT2D eigenvalue weighted by molar-refractivity contribution is 5.72. The van der Waals surface area contributed by atoms with E-state index in [1.165, 1.54) is 0 Å². The van der Waals surface area contributed by atoms with E-state index in [1.807, 2.05) is 0 Å². The Morgan fingerprint density at radius 2 is 2.33 bits per heavy atom. The Bertz CT molecular complexity index is 157. The van der Waals surface area contributed by atoms with E-state index in [0.29, 0.717) is 32.2 Å². The van der Waals surface area contributed by atoms with E-state index in [1.54, 1.807) is 4.90 Å². The minimum atomic E-state index is -0.367. The van der Waals surface area contributed by atoms with Crippen LogP contribution < -0.4 is 5.73 Å². The van der Waals surface area contributed by atoms with Crippen molar-refractivity contribution in [3.05, 3.63) is 0 Å². The molecular weight excluding hydrogens is 160 g/mol. The molecule has 1 aliphatic rings. The third-order valence-electron chi connectivity index (χ3n) is 1.86. The molecule has 0 aromatic carbocycles. The van der Waals surface area contributed by atoms with Crippen molar-refractivity contribution in [2.45, 2.75) is 0 Å². The number of hydrogen-bond donors (Lipinski definition) is 2. The molecule has 0 aromatic heterocycles. The predicted molar refractivity (Wildman–Crippen MR) is 42.6 cm³/mol. The van der Waals surface area contributed by atoms with Gasteiger partial charge in [0, 0.05) is 19.0 Å². The highest BCUT2D eigenvalue weighted by atomic mass is 16.5. The lowest BCUT2D eigenvalue weighted by molar-refractivity contribution is 0.0206. The van der Waals surface area contributed by atoms with Crippen LogP contribution in [0.5, 0.6) is 0 Å². The second kappa shape index (κ2) is 4.27. The van der Waals surface area contributed by atoms with Crippen molar-refractivity contribution in [3.63, 3.8) is 0 Å². The van der Waals surface area contributed by atoms with Gasteiger partial charge in [0.15, 0.2) is 0 Å². The number of aliphatic hydroxyl groups is 1. The molecule has 2 amide bonds. The summed E-state index contributed by atoms with van der Waals surface area (Å²) < 4.78 is 5.09. The minimum Gasteiger partial charge on any atom is -0.394 e. The maximum Gasteiger partial charge on any atom is 0.314 e. The van der Waals surface area contributed by atoms with E-state index in [9.17, 15) is 4.79 Å². The molecule has 0 bridgehead atoms. The first-order chi connectivity index (χ1) is 5.74. The van der Waals surface area contributed by atoms with Gasteiger partial charge in [0.2, 0.25) is 0 Å². The normalized spacial score (nSPS) is 17.6. The Balaban J connectivity index is 1.98. The van der Waals surface area contributed by atoms with E-state index in [2.05, 4.69) is 0 Å². The number of carbonyl (C=O) groups excluding carboxylic acids is 1. The van der Waals surface area contributed by atoms with E-state index in [4.69, 9.17) is 15.6 Å². The zero-order valence-electron chi connectivity index (χ0n) is 6.90. The number of nitrogens with two attached hydrogens (primary N) is 1. The summed E-state index contributed by atoms with van der Waals surface area (Å²) in [6, 6.07) is -0.367. The minimum absolute atomic E-state index is 0.0479. The van der Waals surface area contributed by atoms with Gasteiger partial charge in [-0.2, -0.15) is 0 Å². The fraction of sp³-hybridized carbons (Fsp3) is 0.857. The first kappa shape index (κ1) is 9.28. The molecule has 0 spiro atoms. The molecule has 1 heterocycles. The summed E-state index contributed by atoms with van der Waals surface area (Å²) in [6.07, 6.45) is 0. The quantitative estimate of drug-likeness (QED) is 0.537. The summed E-state index contributed by atoms with van der Waals surface area (Å²) >= 11 is 0. The monoisotopic (exact) mass is 174 g/mol. The van der Waals surface area contributed by atoms with Gasteiger partial charge < -0.3 is 20.5 Å². The average Bonchev–Trinajstić information content (AvgIpc) is 1.93. The van der Waals surface area contributed by atoms with Gasteiger partial charge in [0.05, 0.1) is 19.8 Å². The molecule has 12 heavy (non-hydrogen) atoms. The van der Waals surface area contributed by atoms with E-state index in [0.717, 1.165) is 0 Å². The summed E-state index contributed by atoms with van der Waals surface area (Å²) in [6.45, 7) is 2.38. The molecule has 5 nitrogen and oxygen atoms in total. The Hall–Kier alpha value is -0.810. The molecular formula is C7H14N2O3. The van der Waals surface area contributed by atoms with Crippen LogP contribution in [0.15, 0.2) is 0 Å². The van der Waals surface area contributed by atoms with E-state index < -0.39 is 0 Å². The zero-order valence-corrected chi connectivity index (χ0v) is 6.90. The molecule has 0 radical (unpaired) electrons. The van der Waals surface area contributed by atoms with Crippen LogP contribution >= 0.6 is 0 Å². The molecule has 5 heteroatoms. The molecule has 1 aliphatic heterocycles. The Kier molecular flexibility index (Phi) is 3.31. The highest BCUT2D eigenvalue weighted by Gasteiger charge is 2.28. The standard InChI is InChI=1S/C7H14N2O3/c8-7(11)9-3-6(4-9)5-12-2-1-10/h6,10H,1-5H2,(H2,8,11). The molecule has 0 saturated carbocycles. The fourth-order valence-corrected chi connectivity index (χ4v) is 1.17. The van der Waals surface area contributed by atoms with Gasteiger partial charge in [0.25, 0.3) is 0 Å². The summed E-state index contributed by atoms with van der Waals surface area (Å²) in [4.78, 5) is 12.1. The summed E-state index contributed by atoms with van der Waals surface area (Å²) in [7, 11) is 0. The van der Waals surface area contributed by atoms with Crippen LogP contribution in [0, 0.1) is 5.92 Å². The lowest BCUT2D eigenvalue weighted by Crippen LogP contribution is -2.53. The van der Waals surface area contributed by atoms with Gasteiger partial charge in [-0.15, -0.1) is 0 Å². The molecule has 1 saturated heterocycles. The van der Waals surface area contributed by atoms with Crippen molar-refractivity contribution < 1.29 is 14.6 Å². The van der Waals surface area contributed by atoms with Crippen LogP contribution in [0.4, 0.5) is 4.79 Å². The Morgan fingerprint density at radius 1 is 1.67 bits per heavy atom. The second-order valence-corrected chi connectivity index (χ2v) is 2.91. The maximum atomic E-state index is 10.5. The van der Waals surface area contributed by atoms with Crippen molar-refractivity contribution in [1.82, 2.24) is 4.90 Å². The van der Waals surface area contributed by atoms with Crippen molar-refractivity contribution in [2.24, 2.45) is 11.7 Å². The number of ether oxygens (including phenoxy) is 1. The first-order valence-electron chi connectivity index (χ1n) is 3.97. The van der Waals surface area contributed by atoms with Crippen LogP contribution in [0.2, 0.25) is 0 Å². The topological polar surface area (TPSA) is 75.8 Å². The van der Waals surface area contributed by atoms with Gasteiger partial charge in [0.1, 0.15) is 0 Å². The van der Waals surface area contributed by atoms with Crippen LogP contribution in [0.25, 0.3) is 0 Å². The average molecular weight is 174 g/mol. The molecule has 0 unspecified atom stereocenters. The lowest BCUT2D eigenvalue weighted by Gasteiger charge is -2.37. The number of carbonyl (C=O) groups is 1. The largest absolute Gasteiger partial charge is 0.394 e. The van der Waals surface area contributed by atoms with Crippen LogP contribution in [0.1, 0.15) is 0 Å². The number of primary amides is 1. The van der Waals surface area contributed by atoms with Gasteiger partial charge in [-0.05, 0) is 0 Å². The molecule has 3 N–H and O–H groups in total. The zero-order chi connectivity index (χ0) is 8.97. The van der Waals surface area contributed by atoms with E-state index >= 15 is 0 Å². The third-order valence-corrected chi connectivity index (χ3v) is 1.86. The molecule has 1 fully saturated rings. The molecule has 0 atom stereocenters. The SMILES string of the molecule is NC(=O)N1CC(COCCO)C1.